The van der Waals surface area contributed by atoms with Crippen molar-refractivity contribution in [1.29, 1.82) is 0 Å². The highest BCUT2D eigenvalue weighted by Gasteiger charge is 2.12. The molecule has 1 unspecified atom stereocenters. The van der Waals surface area contributed by atoms with E-state index in [0.29, 0.717) is 18.9 Å². The number of hydrogen-bond acceptors (Lipinski definition) is 2. The summed E-state index contributed by atoms with van der Waals surface area (Å²) in [6.07, 6.45) is 0.845. The van der Waals surface area contributed by atoms with Gasteiger partial charge in [-0.05, 0) is 68.1 Å². The maximum atomic E-state index is 12.8. The molecule has 2 aromatic rings. The van der Waals surface area contributed by atoms with E-state index >= 15 is 0 Å². The predicted molar refractivity (Wildman–Crippen MR) is 84.2 cm³/mol. The van der Waals surface area contributed by atoms with Gasteiger partial charge in [0.05, 0.1) is 6.61 Å². The van der Waals surface area contributed by atoms with E-state index in [1.807, 2.05) is 0 Å². The van der Waals surface area contributed by atoms with Gasteiger partial charge in [-0.25, -0.2) is 4.39 Å². The van der Waals surface area contributed by atoms with Crippen LogP contribution in [0.1, 0.15) is 29.0 Å². The number of hydrogen-bond donors (Lipinski definition) is 1. The van der Waals surface area contributed by atoms with Crippen molar-refractivity contribution in [3.05, 3.63) is 65.0 Å². The highest BCUT2D eigenvalue weighted by molar-refractivity contribution is 5.33. The first kappa shape index (κ1) is 15.5. The lowest BCUT2D eigenvalue weighted by molar-refractivity contribution is 0.298. The van der Waals surface area contributed by atoms with E-state index in [-0.39, 0.29) is 11.7 Å². The summed E-state index contributed by atoms with van der Waals surface area (Å²) >= 11 is 0. The Morgan fingerprint density at radius 1 is 1.10 bits per heavy atom. The SMILES string of the molecule is Cc1ccc(C)c(C(CN)CCOc2ccc(F)cc2)c1. The van der Waals surface area contributed by atoms with Gasteiger partial charge in [-0.1, -0.05) is 23.8 Å². The van der Waals surface area contributed by atoms with Crippen LogP contribution in [0.4, 0.5) is 4.39 Å². The maximum Gasteiger partial charge on any atom is 0.123 e. The smallest absolute Gasteiger partial charge is 0.123 e. The third kappa shape index (κ3) is 4.30. The topological polar surface area (TPSA) is 35.2 Å². The summed E-state index contributed by atoms with van der Waals surface area (Å²) in [5.74, 6) is 0.719. The Morgan fingerprint density at radius 3 is 2.48 bits per heavy atom. The standard InChI is InChI=1S/C18H22FNO/c1-13-3-4-14(2)18(11-13)15(12-20)9-10-21-17-7-5-16(19)6-8-17/h3-8,11,15H,9-10,12,20H2,1-2H3. The first-order chi connectivity index (χ1) is 10.1. The molecule has 2 rings (SSSR count). The van der Waals surface area contributed by atoms with Gasteiger partial charge in [0.1, 0.15) is 11.6 Å². The van der Waals surface area contributed by atoms with Crippen LogP contribution in [0.25, 0.3) is 0 Å². The molecule has 0 aliphatic heterocycles. The average Bonchev–Trinajstić information content (AvgIpc) is 2.48. The zero-order chi connectivity index (χ0) is 15.2. The van der Waals surface area contributed by atoms with Crippen molar-refractivity contribution in [3.8, 4) is 5.75 Å². The van der Waals surface area contributed by atoms with E-state index in [0.717, 1.165) is 6.42 Å². The quantitative estimate of drug-likeness (QED) is 0.873. The lowest BCUT2D eigenvalue weighted by Crippen LogP contribution is -2.16. The van der Waals surface area contributed by atoms with E-state index in [1.165, 1.54) is 28.8 Å². The van der Waals surface area contributed by atoms with Crippen molar-refractivity contribution in [1.82, 2.24) is 0 Å². The van der Waals surface area contributed by atoms with Crippen molar-refractivity contribution in [2.24, 2.45) is 5.73 Å². The molecule has 0 bridgehead atoms. The van der Waals surface area contributed by atoms with Gasteiger partial charge in [-0.15, -0.1) is 0 Å². The van der Waals surface area contributed by atoms with Crippen LogP contribution in [-0.4, -0.2) is 13.2 Å². The fourth-order valence-electron chi connectivity index (χ4n) is 2.45. The number of aryl methyl sites for hydroxylation is 2. The van der Waals surface area contributed by atoms with Gasteiger partial charge in [0.15, 0.2) is 0 Å². The number of rotatable bonds is 6. The average molecular weight is 287 g/mol. The Kier molecular flexibility index (Phi) is 5.34. The highest BCUT2D eigenvalue weighted by Crippen LogP contribution is 2.24. The van der Waals surface area contributed by atoms with E-state index < -0.39 is 0 Å². The second kappa shape index (κ2) is 7.23. The molecule has 0 fully saturated rings. The summed E-state index contributed by atoms with van der Waals surface area (Å²) in [5.41, 5.74) is 9.72. The number of halogens is 1. The minimum atomic E-state index is -0.252. The molecule has 0 heterocycles. The molecule has 0 aliphatic rings. The van der Waals surface area contributed by atoms with Gasteiger partial charge in [0, 0.05) is 0 Å². The Bertz CT molecular complexity index is 580. The zero-order valence-electron chi connectivity index (χ0n) is 12.6. The predicted octanol–water partition coefficient (Wildman–Crippen LogP) is 3.95. The normalized spacial score (nSPS) is 12.2. The molecule has 0 aliphatic carbocycles. The molecule has 112 valence electrons. The molecule has 0 radical (unpaired) electrons. The van der Waals surface area contributed by atoms with E-state index in [1.54, 1.807) is 12.1 Å². The summed E-state index contributed by atoms with van der Waals surface area (Å²) in [5, 5.41) is 0. The molecule has 0 saturated carbocycles. The van der Waals surface area contributed by atoms with Crippen molar-refractivity contribution in [2.45, 2.75) is 26.2 Å². The molecule has 3 heteroatoms. The number of ether oxygens (including phenoxy) is 1. The molecule has 0 saturated heterocycles. The molecular formula is C18H22FNO. The zero-order valence-corrected chi connectivity index (χ0v) is 12.6. The van der Waals surface area contributed by atoms with Crippen molar-refractivity contribution >= 4 is 0 Å². The first-order valence-electron chi connectivity index (χ1n) is 7.25. The fourth-order valence-corrected chi connectivity index (χ4v) is 2.45. The van der Waals surface area contributed by atoms with Crippen molar-refractivity contribution in [3.63, 3.8) is 0 Å². The molecule has 0 aromatic heterocycles. The lowest BCUT2D eigenvalue weighted by Gasteiger charge is -2.18. The Balaban J connectivity index is 1.96. The van der Waals surface area contributed by atoms with Crippen LogP contribution in [0.2, 0.25) is 0 Å². The van der Waals surface area contributed by atoms with E-state index in [4.69, 9.17) is 10.5 Å². The Labute approximate surface area is 125 Å². The highest BCUT2D eigenvalue weighted by atomic mass is 19.1. The number of nitrogens with two attached hydrogens (primary N) is 1. The minimum absolute atomic E-state index is 0.252. The molecule has 1 atom stereocenters. The van der Waals surface area contributed by atoms with Crippen LogP contribution >= 0.6 is 0 Å². The van der Waals surface area contributed by atoms with Crippen LogP contribution in [0, 0.1) is 19.7 Å². The maximum absolute atomic E-state index is 12.8. The van der Waals surface area contributed by atoms with Crippen molar-refractivity contribution in [2.75, 3.05) is 13.2 Å². The first-order valence-corrected chi connectivity index (χ1v) is 7.25. The van der Waals surface area contributed by atoms with Crippen molar-refractivity contribution < 1.29 is 9.13 Å². The summed E-state index contributed by atoms with van der Waals surface area (Å²) in [4.78, 5) is 0. The molecule has 2 aromatic carbocycles. The minimum Gasteiger partial charge on any atom is -0.494 e. The molecule has 0 amide bonds. The third-order valence-corrected chi connectivity index (χ3v) is 3.71. The summed E-state index contributed by atoms with van der Waals surface area (Å²) in [6.45, 7) is 5.36. The lowest BCUT2D eigenvalue weighted by atomic mass is 9.91. The van der Waals surface area contributed by atoms with Crippen LogP contribution in [-0.2, 0) is 0 Å². The van der Waals surface area contributed by atoms with Crippen LogP contribution in [0.5, 0.6) is 5.75 Å². The van der Waals surface area contributed by atoms with Gasteiger partial charge < -0.3 is 10.5 Å². The second-order valence-corrected chi connectivity index (χ2v) is 5.38. The van der Waals surface area contributed by atoms with Gasteiger partial charge in [-0.2, -0.15) is 0 Å². The van der Waals surface area contributed by atoms with Gasteiger partial charge in [0.2, 0.25) is 0 Å². The van der Waals surface area contributed by atoms with E-state index in [9.17, 15) is 4.39 Å². The molecular weight excluding hydrogens is 265 g/mol. The monoisotopic (exact) mass is 287 g/mol. The largest absolute Gasteiger partial charge is 0.494 e. The second-order valence-electron chi connectivity index (χ2n) is 5.38. The van der Waals surface area contributed by atoms with Gasteiger partial charge in [0.25, 0.3) is 0 Å². The summed E-state index contributed by atoms with van der Waals surface area (Å²) in [6, 6.07) is 12.5. The van der Waals surface area contributed by atoms with E-state index in [2.05, 4.69) is 32.0 Å². The van der Waals surface area contributed by atoms with Crippen LogP contribution < -0.4 is 10.5 Å². The number of benzene rings is 2. The molecule has 2 N–H and O–H groups in total. The molecule has 0 spiro atoms. The third-order valence-electron chi connectivity index (χ3n) is 3.71. The molecule has 21 heavy (non-hydrogen) atoms. The van der Waals surface area contributed by atoms with Crippen LogP contribution in [0.15, 0.2) is 42.5 Å². The summed E-state index contributed by atoms with van der Waals surface area (Å²) in [7, 11) is 0. The Hall–Kier alpha value is -1.87. The van der Waals surface area contributed by atoms with Gasteiger partial charge in [-0.3, -0.25) is 0 Å². The van der Waals surface area contributed by atoms with Crippen LogP contribution in [0.3, 0.4) is 0 Å². The fraction of sp³-hybridized carbons (Fsp3) is 0.333. The Morgan fingerprint density at radius 2 is 1.81 bits per heavy atom. The van der Waals surface area contributed by atoms with Gasteiger partial charge >= 0.3 is 0 Å². The molecule has 2 nitrogen and oxygen atoms in total. The summed E-state index contributed by atoms with van der Waals surface area (Å²) < 4.78 is 18.5.